The summed E-state index contributed by atoms with van der Waals surface area (Å²) in [6, 6.07) is 0.600. The minimum Gasteiger partial charge on any atom is -0.351 e. The van der Waals surface area contributed by atoms with E-state index in [9.17, 15) is 0 Å². The fraction of sp³-hybridized carbons (Fsp3) is 0.692. The molecule has 1 heterocycles. The minimum atomic E-state index is 0.600. The SMILES string of the molecule is Cc1nccnc1N(CCN)C1CCCCC1. The molecule has 0 amide bonds. The maximum atomic E-state index is 5.73. The summed E-state index contributed by atoms with van der Waals surface area (Å²) in [5, 5.41) is 0. The van der Waals surface area contributed by atoms with Crippen LogP contribution >= 0.6 is 0 Å². The Hall–Kier alpha value is -1.16. The zero-order chi connectivity index (χ0) is 12.1. The third kappa shape index (κ3) is 2.94. The molecule has 0 radical (unpaired) electrons. The zero-order valence-electron chi connectivity index (χ0n) is 10.6. The van der Waals surface area contributed by atoms with E-state index in [0.717, 1.165) is 18.1 Å². The van der Waals surface area contributed by atoms with Crippen molar-refractivity contribution in [2.45, 2.75) is 45.1 Å². The van der Waals surface area contributed by atoms with Crippen molar-refractivity contribution in [3.8, 4) is 0 Å². The van der Waals surface area contributed by atoms with Gasteiger partial charge >= 0.3 is 0 Å². The lowest BCUT2D eigenvalue weighted by atomic mass is 9.94. The third-order valence-electron chi connectivity index (χ3n) is 3.51. The van der Waals surface area contributed by atoms with Gasteiger partial charge in [0.25, 0.3) is 0 Å². The fourth-order valence-corrected chi connectivity index (χ4v) is 2.68. The molecule has 0 spiro atoms. The quantitative estimate of drug-likeness (QED) is 0.864. The van der Waals surface area contributed by atoms with Crippen LogP contribution in [-0.2, 0) is 0 Å². The van der Waals surface area contributed by atoms with Gasteiger partial charge in [0.1, 0.15) is 5.82 Å². The van der Waals surface area contributed by atoms with Gasteiger partial charge in [-0.25, -0.2) is 4.98 Å². The summed E-state index contributed by atoms with van der Waals surface area (Å²) in [6.45, 7) is 3.57. The van der Waals surface area contributed by atoms with Gasteiger partial charge in [-0.3, -0.25) is 4.98 Å². The van der Waals surface area contributed by atoms with Gasteiger partial charge in [0.05, 0.1) is 5.69 Å². The summed E-state index contributed by atoms with van der Waals surface area (Å²) in [5.41, 5.74) is 6.74. The molecule has 0 aromatic carbocycles. The van der Waals surface area contributed by atoms with Gasteiger partial charge < -0.3 is 10.6 Å². The molecular weight excluding hydrogens is 212 g/mol. The van der Waals surface area contributed by atoms with Gasteiger partial charge in [-0.15, -0.1) is 0 Å². The molecule has 17 heavy (non-hydrogen) atoms. The molecule has 94 valence electrons. The molecule has 0 bridgehead atoms. The molecule has 1 fully saturated rings. The molecule has 0 saturated heterocycles. The average molecular weight is 234 g/mol. The van der Waals surface area contributed by atoms with Crippen LogP contribution in [0.4, 0.5) is 5.82 Å². The summed E-state index contributed by atoms with van der Waals surface area (Å²) >= 11 is 0. The van der Waals surface area contributed by atoms with Crippen LogP contribution < -0.4 is 10.6 Å². The van der Waals surface area contributed by atoms with Crippen LogP contribution in [-0.4, -0.2) is 29.1 Å². The van der Waals surface area contributed by atoms with E-state index in [-0.39, 0.29) is 0 Å². The second-order valence-corrected chi connectivity index (χ2v) is 4.74. The van der Waals surface area contributed by atoms with Gasteiger partial charge in [0.2, 0.25) is 0 Å². The molecule has 1 aromatic heterocycles. The number of nitrogens with two attached hydrogens (primary N) is 1. The Morgan fingerprint density at radius 1 is 1.24 bits per heavy atom. The first-order chi connectivity index (χ1) is 8.33. The Labute approximate surface area is 103 Å². The zero-order valence-corrected chi connectivity index (χ0v) is 10.6. The third-order valence-corrected chi connectivity index (χ3v) is 3.51. The number of hydrogen-bond donors (Lipinski definition) is 1. The average Bonchev–Trinajstić information content (AvgIpc) is 2.38. The molecule has 1 aromatic rings. The number of anilines is 1. The Morgan fingerprint density at radius 3 is 2.59 bits per heavy atom. The van der Waals surface area contributed by atoms with Crippen molar-refractivity contribution >= 4 is 5.82 Å². The maximum Gasteiger partial charge on any atom is 0.150 e. The van der Waals surface area contributed by atoms with Crippen LogP contribution in [0.2, 0.25) is 0 Å². The molecule has 0 atom stereocenters. The Balaban J connectivity index is 2.18. The lowest BCUT2D eigenvalue weighted by Crippen LogP contribution is -2.41. The van der Waals surface area contributed by atoms with Gasteiger partial charge in [0, 0.05) is 31.5 Å². The minimum absolute atomic E-state index is 0.600. The normalized spacial score (nSPS) is 17.1. The van der Waals surface area contributed by atoms with Crippen molar-refractivity contribution in [2.75, 3.05) is 18.0 Å². The largest absolute Gasteiger partial charge is 0.351 e. The van der Waals surface area contributed by atoms with E-state index < -0.39 is 0 Å². The molecule has 1 aliphatic rings. The topological polar surface area (TPSA) is 55.0 Å². The summed E-state index contributed by atoms with van der Waals surface area (Å²) in [5.74, 6) is 1.02. The first kappa shape index (κ1) is 12.3. The monoisotopic (exact) mass is 234 g/mol. The highest BCUT2D eigenvalue weighted by Gasteiger charge is 2.22. The Kier molecular flexibility index (Phi) is 4.31. The summed E-state index contributed by atoms with van der Waals surface area (Å²) < 4.78 is 0. The van der Waals surface area contributed by atoms with E-state index in [1.54, 1.807) is 12.4 Å². The highest BCUT2D eigenvalue weighted by molar-refractivity contribution is 5.43. The molecule has 4 nitrogen and oxygen atoms in total. The van der Waals surface area contributed by atoms with E-state index in [1.165, 1.54) is 32.1 Å². The molecule has 4 heteroatoms. The molecule has 2 N–H and O–H groups in total. The van der Waals surface area contributed by atoms with Crippen molar-refractivity contribution < 1.29 is 0 Å². The van der Waals surface area contributed by atoms with Crippen LogP contribution in [0.25, 0.3) is 0 Å². The van der Waals surface area contributed by atoms with Crippen LogP contribution in [0.5, 0.6) is 0 Å². The second-order valence-electron chi connectivity index (χ2n) is 4.74. The highest BCUT2D eigenvalue weighted by atomic mass is 15.2. The first-order valence-corrected chi connectivity index (χ1v) is 6.57. The van der Waals surface area contributed by atoms with Crippen molar-refractivity contribution in [3.63, 3.8) is 0 Å². The number of hydrogen-bond acceptors (Lipinski definition) is 4. The molecular formula is C13H22N4. The fourth-order valence-electron chi connectivity index (χ4n) is 2.68. The van der Waals surface area contributed by atoms with Crippen molar-refractivity contribution in [3.05, 3.63) is 18.1 Å². The standard InChI is InChI=1S/C13H22N4/c1-11-13(16-9-8-15-11)17(10-7-14)12-5-3-2-4-6-12/h8-9,12H,2-7,10,14H2,1H3. The van der Waals surface area contributed by atoms with E-state index in [4.69, 9.17) is 5.73 Å². The summed E-state index contributed by atoms with van der Waals surface area (Å²) in [6.07, 6.45) is 10.1. The first-order valence-electron chi connectivity index (χ1n) is 6.57. The number of aromatic nitrogens is 2. The van der Waals surface area contributed by atoms with E-state index in [1.807, 2.05) is 6.92 Å². The summed E-state index contributed by atoms with van der Waals surface area (Å²) in [4.78, 5) is 11.2. The Morgan fingerprint density at radius 2 is 1.94 bits per heavy atom. The molecule has 1 aliphatic carbocycles. The number of aryl methyl sites for hydroxylation is 1. The second kappa shape index (κ2) is 5.96. The van der Waals surface area contributed by atoms with E-state index in [2.05, 4.69) is 14.9 Å². The van der Waals surface area contributed by atoms with Crippen LogP contribution in [0.15, 0.2) is 12.4 Å². The lowest BCUT2D eigenvalue weighted by molar-refractivity contribution is 0.413. The van der Waals surface area contributed by atoms with Gasteiger partial charge in [0.15, 0.2) is 0 Å². The van der Waals surface area contributed by atoms with Crippen molar-refractivity contribution in [2.24, 2.45) is 5.73 Å². The van der Waals surface area contributed by atoms with Crippen molar-refractivity contribution in [1.82, 2.24) is 9.97 Å². The predicted molar refractivity (Wildman–Crippen MR) is 70.0 cm³/mol. The van der Waals surface area contributed by atoms with Crippen LogP contribution in [0.1, 0.15) is 37.8 Å². The number of rotatable bonds is 4. The predicted octanol–water partition coefficient (Wildman–Crippen LogP) is 1.88. The molecule has 1 saturated carbocycles. The maximum absolute atomic E-state index is 5.73. The molecule has 0 aliphatic heterocycles. The van der Waals surface area contributed by atoms with Gasteiger partial charge in [-0.2, -0.15) is 0 Å². The van der Waals surface area contributed by atoms with Gasteiger partial charge in [-0.05, 0) is 19.8 Å². The Bertz CT molecular complexity index is 347. The molecule has 0 unspecified atom stereocenters. The summed E-state index contributed by atoms with van der Waals surface area (Å²) in [7, 11) is 0. The van der Waals surface area contributed by atoms with Gasteiger partial charge in [-0.1, -0.05) is 19.3 Å². The molecule has 2 rings (SSSR count). The smallest absolute Gasteiger partial charge is 0.150 e. The van der Waals surface area contributed by atoms with E-state index in [0.29, 0.717) is 12.6 Å². The van der Waals surface area contributed by atoms with E-state index >= 15 is 0 Å². The number of nitrogens with zero attached hydrogens (tertiary/aromatic N) is 3. The lowest BCUT2D eigenvalue weighted by Gasteiger charge is -2.35. The highest BCUT2D eigenvalue weighted by Crippen LogP contribution is 2.26. The van der Waals surface area contributed by atoms with Crippen molar-refractivity contribution in [1.29, 1.82) is 0 Å². The van der Waals surface area contributed by atoms with Crippen LogP contribution in [0, 0.1) is 6.92 Å². The van der Waals surface area contributed by atoms with Crippen LogP contribution in [0.3, 0.4) is 0 Å².